The third kappa shape index (κ3) is 4.47. The largest absolute Gasteiger partial charge is 0.369 e. The summed E-state index contributed by atoms with van der Waals surface area (Å²) in [4.78, 5) is 13.7. The van der Waals surface area contributed by atoms with E-state index in [9.17, 15) is 4.79 Å². The molecule has 2 aromatic carbocycles. The fourth-order valence-electron chi connectivity index (χ4n) is 2.51. The summed E-state index contributed by atoms with van der Waals surface area (Å²) in [7, 11) is 0. The molecule has 6 heteroatoms. The van der Waals surface area contributed by atoms with E-state index in [1.165, 1.54) is 4.81 Å². The van der Waals surface area contributed by atoms with Gasteiger partial charge in [-0.15, -0.1) is 6.42 Å². The molecule has 6 nitrogen and oxygen atoms in total. The Kier molecular flexibility index (Phi) is 5.96. The summed E-state index contributed by atoms with van der Waals surface area (Å²) in [5, 5.41) is 12.7. The van der Waals surface area contributed by atoms with Gasteiger partial charge in [0.15, 0.2) is 16.7 Å². The lowest BCUT2D eigenvalue weighted by Crippen LogP contribution is -2.03. The Bertz CT molecular complexity index is 852. The molecule has 0 aliphatic carbocycles. The Morgan fingerprint density at radius 1 is 1.15 bits per heavy atom. The number of ketones is 1. The number of Topliss-reactive ketones (excluding diaryl/α,β-unsaturated/α-hetero) is 1. The standard InChI is InChI=1S/C20H19N4O2/c1-2-14-26-15-6-9-19(25)16-10-12-17(13-11-16)20-21-23-24(22-20)18-7-4-3-5-8-18/h1,3-5,7-8,10-13,20H,6,9,14-15H2/q+1. The molecule has 0 aromatic heterocycles. The number of hydrogen-bond donors (Lipinski definition) is 0. The second-order valence-electron chi connectivity index (χ2n) is 5.72. The minimum atomic E-state index is -0.392. The zero-order valence-corrected chi connectivity index (χ0v) is 14.3. The summed E-state index contributed by atoms with van der Waals surface area (Å²) < 4.78 is 5.17. The van der Waals surface area contributed by atoms with E-state index >= 15 is 0 Å². The van der Waals surface area contributed by atoms with Gasteiger partial charge in [0, 0.05) is 29.0 Å². The lowest BCUT2D eigenvalue weighted by molar-refractivity contribution is -0.517. The van der Waals surface area contributed by atoms with E-state index in [0.29, 0.717) is 25.0 Å². The molecule has 0 radical (unpaired) electrons. The molecule has 1 aliphatic heterocycles. The molecule has 1 unspecified atom stereocenters. The number of hydrogen-bond acceptors (Lipinski definition) is 5. The molecule has 0 amide bonds. The predicted molar refractivity (Wildman–Crippen MR) is 96.0 cm³/mol. The number of rotatable bonds is 8. The highest BCUT2D eigenvalue weighted by molar-refractivity contribution is 5.96. The number of carbonyl (C=O) groups is 1. The normalized spacial score (nSPS) is 15.5. The van der Waals surface area contributed by atoms with Crippen LogP contribution in [0.2, 0.25) is 0 Å². The van der Waals surface area contributed by atoms with E-state index in [0.717, 1.165) is 11.3 Å². The summed E-state index contributed by atoms with van der Waals surface area (Å²) in [6, 6.07) is 16.9. The first-order valence-electron chi connectivity index (χ1n) is 8.39. The Morgan fingerprint density at radius 3 is 2.65 bits per heavy atom. The van der Waals surface area contributed by atoms with E-state index in [4.69, 9.17) is 11.2 Å². The third-order valence-electron chi connectivity index (χ3n) is 3.86. The lowest BCUT2D eigenvalue weighted by Gasteiger charge is -2.03. The van der Waals surface area contributed by atoms with Crippen LogP contribution < -0.4 is 0 Å². The molecule has 1 heterocycles. The molecule has 0 saturated heterocycles. The van der Waals surface area contributed by atoms with Crippen molar-refractivity contribution in [3.8, 4) is 12.3 Å². The predicted octanol–water partition coefficient (Wildman–Crippen LogP) is 4.48. The van der Waals surface area contributed by atoms with Crippen molar-refractivity contribution in [1.82, 2.24) is 0 Å². The molecule has 2 aromatic rings. The summed E-state index contributed by atoms with van der Waals surface area (Å²) in [5.41, 5.74) is 2.42. The number of benzene rings is 2. The van der Waals surface area contributed by atoms with Crippen molar-refractivity contribution in [3.63, 3.8) is 0 Å². The highest BCUT2D eigenvalue weighted by atomic mass is 16.5. The van der Waals surface area contributed by atoms with E-state index < -0.39 is 6.17 Å². The molecule has 130 valence electrons. The van der Waals surface area contributed by atoms with Gasteiger partial charge in [-0.3, -0.25) is 4.79 Å². The van der Waals surface area contributed by atoms with Gasteiger partial charge in [-0.25, -0.2) is 0 Å². The first-order valence-corrected chi connectivity index (χ1v) is 8.39. The van der Waals surface area contributed by atoms with Crippen LogP contribution in [0.4, 0.5) is 5.69 Å². The van der Waals surface area contributed by atoms with Crippen LogP contribution in [0.1, 0.15) is 34.9 Å². The van der Waals surface area contributed by atoms with Crippen molar-refractivity contribution in [1.29, 1.82) is 0 Å². The average molecular weight is 347 g/mol. The van der Waals surface area contributed by atoms with Crippen molar-refractivity contribution < 1.29 is 14.3 Å². The molecule has 0 fully saturated rings. The van der Waals surface area contributed by atoms with Gasteiger partial charge >= 0.3 is 6.17 Å². The molecule has 0 N–H and O–H groups in total. The molecule has 0 spiro atoms. The topological polar surface area (TPSA) is 66.4 Å². The summed E-state index contributed by atoms with van der Waals surface area (Å²) >= 11 is 0. The second kappa shape index (κ2) is 8.79. The fraction of sp³-hybridized carbons (Fsp3) is 0.250. The smallest absolute Gasteiger partial charge is 0.320 e. The lowest BCUT2D eigenvalue weighted by atomic mass is 10.0. The maximum atomic E-state index is 12.2. The molecule has 0 saturated carbocycles. The molecule has 0 bridgehead atoms. The van der Waals surface area contributed by atoms with Crippen molar-refractivity contribution in [2.75, 3.05) is 13.2 Å². The van der Waals surface area contributed by atoms with Gasteiger partial charge in [-0.05, 0) is 23.7 Å². The van der Waals surface area contributed by atoms with Gasteiger partial charge in [-0.1, -0.05) is 48.4 Å². The van der Waals surface area contributed by atoms with Crippen LogP contribution in [0, 0.1) is 12.3 Å². The minimum absolute atomic E-state index is 0.0803. The van der Waals surface area contributed by atoms with Gasteiger partial charge in [0.2, 0.25) is 0 Å². The highest BCUT2D eigenvalue weighted by Gasteiger charge is 2.26. The first-order chi connectivity index (χ1) is 12.8. The van der Waals surface area contributed by atoms with Crippen molar-refractivity contribution >= 4 is 11.5 Å². The van der Waals surface area contributed by atoms with Crippen LogP contribution in [0.5, 0.6) is 0 Å². The quantitative estimate of drug-likeness (QED) is 0.306. The monoisotopic (exact) mass is 347 g/mol. The second-order valence-corrected chi connectivity index (χ2v) is 5.72. The summed E-state index contributed by atoms with van der Waals surface area (Å²) in [5.74, 6) is 2.48. The van der Waals surface area contributed by atoms with E-state index in [-0.39, 0.29) is 12.4 Å². The highest BCUT2D eigenvalue weighted by Crippen LogP contribution is 2.28. The molecule has 1 atom stereocenters. The van der Waals surface area contributed by atoms with Crippen LogP contribution in [-0.4, -0.2) is 23.8 Å². The number of terminal acetylenes is 1. The van der Waals surface area contributed by atoms with Crippen LogP contribution >= 0.6 is 0 Å². The Morgan fingerprint density at radius 2 is 1.92 bits per heavy atom. The van der Waals surface area contributed by atoms with Crippen molar-refractivity contribution in [3.05, 3.63) is 65.7 Å². The fourth-order valence-corrected chi connectivity index (χ4v) is 2.51. The Balaban J connectivity index is 1.58. The molecular weight excluding hydrogens is 328 g/mol. The van der Waals surface area contributed by atoms with Gasteiger partial charge in [-0.2, -0.15) is 0 Å². The number of nitrogens with zero attached hydrogens (tertiary/aromatic N) is 4. The zero-order valence-electron chi connectivity index (χ0n) is 14.3. The molecule has 26 heavy (non-hydrogen) atoms. The van der Waals surface area contributed by atoms with E-state index in [1.807, 2.05) is 42.5 Å². The van der Waals surface area contributed by atoms with Crippen molar-refractivity contribution in [2.45, 2.75) is 19.0 Å². The molecular formula is C20H19N4O2+. The van der Waals surface area contributed by atoms with Gasteiger partial charge in [0.1, 0.15) is 6.61 Å². The van der Waals surface area contributed by atoms with Crippen LogP contribution in [-0.2, 0) is 4.74 Å². The third-order valence-corrected chi connectivity index (χ3v) is 3.86. The molecule has 1 aliphatic rings. The van der Waals surface area contributed by atoms with Gasteiger partial charge in [0.05, 0.1) is 5.11 Å². The number of carbonyl (C=O) groups excluding carboxylic acids is 1. The summed E-state index contributed by atoms with van der Waals surface area (Å²) in [6.45, 7) is 0.771. The minimum Gasteiger partial charge on any atom is -0.369 e. The average Bonchev–Trinajstić information content (AvgIpc) is 3.19. The maximum Gasteiger partial charge on any atom is 0.320 e. The van der Waals surface area contributed by atoms with E-state index in [1.54, 1.807) is 12.1 Å². The maximum absolute atomic E-state index is 12.2. The van der Waals surface area contributed by atoms with Crippen LogP contribution in [0.25, 0.3) is 0 Å². The van der Waals surface area contributed by atoms with Gasteiger partial charge in [0.25, 0.3) is 0 Å². The number of azo groups is 1. The Labute approximate surface area is 152 Å². The van der Waals surface area contributed by atoms with Crippen LogP contribution in [0.3, 0.4) is 0 Å². The SMILES string of the molecule is C#CCOCCCC(=O)c1ccc(C2N=N[N+](c3ccccc3)=N2)cc1. The number of para-hydroxylation sites is 1. The van der Waals surface area contributed by atoms with Crippen LogP contribution in [0.15, 0.2) is 70.0 Å². The number of ether oxygens (including phenoxy) is 1. The van der Waals surface area contributed by atoms with E-state index in [2.05, 4.69) is 21.4 Å². The molecule has 3 rings (SSSR count). The first kappa shape index (κ1) is 17.6. The van der Waals surface area contributed by atoms with Crippen molar-refractivity contribution in [2.24, 2.45) is 15.5 Å². The summed E-state index contributed by atoms with van der Waals surface area (Å²) in [6.07, 6.45) is 5.79. The van der Waals surface area contributed by atoms with Gasteiger partial charge < -0.3 is 4.74 Å². The zero-order chi connectivity index (χ0) is 18.2. The Hall–Kier alpha value is -3.17.